The molecule has 176 valence electrons. The fourth-order valence-electron chi connectivity index (χ4n) is 4.85. The van der Waals surface area contributed by atoms with Crippen molar-refractivity contribution in [2.45, 2.75) is 50.6 Å². The van der Waals surface area contributed by atoms with Gasteiger partial charge in [-0.15, -0.1) is 0 Å². The van der Waals surface area contributed by atoms with Crippen molar-refractivity contribution in [2.24, 2.45) is 0 Å². The summed E-state index contributed by atoms with van der Waals surface area (Å²) in [6, 6.07) is 12.5. The molecule has 2 saturated heterocycles. The van der Waals surface area contributed by atoms with Crippen molar-refractivity contribution in [3.05, 3.63) is 65.5 Å². The highest BCUT2D eigenvalue weighted by Gasteiger charge is 2.38. The summed E-state index contributed by atoms with van der Waals surface area (Å²) in [4.78, 5) is 31.5. The maximum atomic E-state index is 12.9. The number of amides is 2. The van der Waals surface area contributed by atoms with Crippen molar-refractivity contribution < 1.29 is 14.3 Å². The van der Waals surface area contributed by atoms with Gasteiger partial charge in [0, 0.05) is 50.4 Å². The molecule has 33 heavy (non-hydrogen) atoms. The van der Waals surface area contributed by atoms with E-state index in [2.05, 4.69) is 57.8 Å². The van der Waals surface area contributed by atoms with Crippen LogP contribution < -0.4 is 10.6 Å². The number of rotatable bonds is 9. The van der Waals surface area contributed by atoms with Crippen LogP contribution in [0.2, 0.25) is 0 Å². The Kier molecular flexibility index (Phi) is 7.73. The van der Waals surface area contributed by atoms with Gasteiger partial charge >= 0.3 is 0 Å². The fourth-order valence-corrected chi connectivity index (χ4v) is 4.85. The number of hydrogen-bond donors (Lipinski definition) is 2. The Bertz CT molecular complexity index is 928. The van der Waals surface area contributed by atoms with E-state index in [4.69, 9.17) is 4.74 Å². The number of carbonyl (C=O) groups is 2. The van der Waals surface area contributed by atoms with Crippen LogP contribution in [0.1, 0.15) is 48.4 Å². The van der Waals surface area contributed by atoms with Crippen molar-refractivity contribution in [3.63, 3.8) is 0 Å². The lowest BCUT2D eigenvalue weighted by Crippen LogP contribution is -2.46. The summed E-state index contributed by atoms with van der Waals surface area (Å²) >= 11 is 0. The molecule has 2 atom stereocenters. The average molecular weight is 451 g/mol. The molecule has 2 N–H and O–H groups in total. The van der Waals surface area contributed by atoms with E-state index in [1.54, 1.807) is 6.20 Å². The van der Waals surface area contributed by atoms with E-state index >= 15 is 0 Å². The molecule has 7 nitrogen and oxygen atoms in total. The molecular weight excluding hydrogens is 416 g/mol. The van der Waals surface area contributed by atoms with Crippen LogP contribution in [0, 0.1) is 6.92 Å². The number of pyridine rings is 1. The minimum Gasteiger partial charge on any atom is -0.379 e. The summed E-state index contributed by atoms with van der Waals surface area (Å²) in [5.41, 5.74) is 3.15. The van der Waals surface area contributed by atoms with Crippen LogP contribution in [0.25, 0.3) is 0 Å². The van der Waals surface area contributed by atoms with Gasteiger partial charge < -0.3 is 15.4 Å². The fraction of sp³-hybridized carbons (Fsp3) is 0.500. The minimum atomic E-state index is -0.351. The molecule has 0 saturated carbocycles. The topological polar surface area (TPSA) is 83.6 Å². The maximum absolute atomic E-state index is 12.9. The highest BCUT2D eigenvalue weighted by molar-refractivity contribution is 5.80. The molecule has 0 aliphatic carbocycles. The second-order valence-corrected chi connectivity index (χ2v) is 9.25. The number of carbonyl (C=O) groups excluding carboxylic acids is 2. The minimum absolute atomic E-state index is 0.0154. The molecule has 1 aromatic heterocycles. The number of hydrogen-bond acceptors (Lipinski definition) is 5. The van der Waals surface area contributed by atoms with Crippen LogP contribution >= 0.6 is 0 Å². The molecule has 7 heteroatoms. The number of aryl methyl sites for hydroxylation is 1. The number of morpholine rings is 1. The average Bonchev–Trinajstić information content (AvgIpc) is 3.21. The van der Waals surface area contributed by atoms with Gasteiger partial charge in [0.05, 0.1) is 19.3 Å². The number of benzene rings is 1. The molecule has 0 unspecified atom stereocenters. The summed E-state index contributed by atoms with van der Waals surface area (Å²) in [5.74, 6) is 0.0908. The SMILES string of the molecule is Cc1ccc(C[C@@]2(CCC(=O)NC[C@H](c3cccnc3)N3CCOCC3)CCC(=O)N2)cc1. The van der Waals surface area contributed by atoms with Crippen molar-refractivity contribution in [1.82, 2.24) is 20.5 Å². The Balaban J connectivity index is 1.36. The highest BCUT2D eigenvalue weighted by Crippen LogP contribution is 2.30. The normalized spacial score (nSPS) is 22.0. The van der Waals surface area contributed by atoms with Gasteiger partial charge in [-0.25, -0.2) is 0 Å². The number of nitrogens with zero attached hydrogens (tertiary/aromatic N) is 2. The smallest absolute Gasteiger partial charge is 0.220 e. The van der Waals surface area contributed by atoms with Crippen LogP contribution in [0.4, 0.5) is 0 Å². The first-order valence-corrected chi connectivity index (χ1v) is 11.9. The predicted octanol–water partition coefficient (Wildman–Crippen LogP) is 2.55. The Morgan fingerprint density at radius 1 is 1.24 bits per heavy atom. The lowest BCUT2D eigenvalue weighted by atomic mass is 9.84. The molecular formula is C26H34N4O3. The number of aromatic nitrogens is 1. The molecule has 4 rings (SSSR count). The molecule has 2 fully saturated rings. The second kappa shape index (κ2) is 10.9. The van der Waals surface area contributed by atoms with Crippen molar-refractivity contribution in [1.29, 1.82) is 0 Å². The molecule has 2 amide bonds. The van der Waals surface area contributed by atoms with Gasteiger partial charge in [0.1, 0.15) is 0 Å². The van der Waals surface area contributed by atoms with Crippen molar-refractivity contribution >= 4 is 11.8 Å². The highest BCUT2D eigenvalue weighted by atomic mass is 16.5. The molecule has 0 bridgehead atoms. The van der Waals surface area contributed by atoms with E-state index < -0.39 is 0 Å². The van der Waals surface area contributed by atoms with Gasteiger partial charge in [-0.1, -0.05) is 35.9 Å². The lowest BCUT2D eigenvalue weighted by Gasteiger charge is -2.35. The molecule has 1 aromatic carbocycles. The maximum Gasteiger partial charge on any atom is 0.220 e. The van der Waals surface area contributed by atoms with E-state index in [-0.39, 0.29) is 23.4 Å². The van der Waals surface area contributed by atoms with Crippen LogP contribution in [0.5, 0.6) is 0 Å². The number of ether oxygens (including phenoxy) is 1. The summed E-state index contributed by atoms with van der Waals surface area (Å²) in [5, 5.41) is 6.32. The van der Waals surface area contributed by atoms with E-state index in [9.17, 15) is 9.59 Å². The quantitative estimate of drug-likeness (QED) is 0.614. The Hall–Kier alpha value is -2.77. The molecule has 0 radical (unpaired) electrons. The predicted molar refractivity (Wildman–Crippen MR) is 127 cm³/mol. The monoisotopic (exact) mass is 450 g/mol. The molecule has 2 aliphatic heterocycles. The lowest BCUT2D eigenvalue weighted by molar-refractivity contribution is -0.123. The first-order valence-electron chi connectivity index (χ1n) is 11.9. The van der Waals surface area contributed by atoms with Crippen molar-refractivity contribution in [2.75, 3.05) is 32.8 Å². The summed E-state index contributed by atoms with van der Waals surface area (Å²) < 4.78 is 5.50. The molecule has 2 aromatic rings. The zero-order valence-electron chi connectivity index (χ0n) is 19.4. The Morgan fingerprint density at radius 2 is 2.03 bits per heavy atom. The summed E-state index contributed by atoms with van der Waals surface area (Å²) in [6.45, 7) is 5.67. The van der Waals surface area contributed by atoms with Gasteiger partial charge in [0.2, 0.25) is 11.8 Å². The molecule has 0 spiro atoms. The van der Waals surface area contributed by atoms with Gasteiger partial charge in [-0.2, -0.15) is 0 Å². The molecule has 2 aliphatic rings. The summed E-state index contributed by atoms with van der Waals surface area (Å²) in [6.07, 6.45) is 6.69. The molecule has 3 heterocycles. The standard InChI is InChI=1S/C26H34N4O3/c1-20-4-6-21(7-5-20)17-26(11-9-25(32)29-26)10-8-24(31)28-19-23(22-3-2-12-27-18-22)30-13-15-33-16-14-30/h2-7,12,18,23H,8-11,13-17,19H2,1H3,(H,28,31)(H,29,32)/t23-,26-/m1/s1. The number of nitrogens with one attached hydrogen (secondary N) is 2. The van der Waals surface area contributed by atoms with Gasteiger partial charge in [0.15, 0.2) is 0 Å². The first kappa shape index (κ1) is 23.4. The van der Waals surface area contributed by atoms with E-state index in [0.717, 1.165) is 31.5 Å². The van der Waals surface area contributed by atoms with E-state index in [1.165, 1.54) is 11.1 Å². The first-order chi connectivity index (χ1) is 16.0. The van der Waals surface area contributed by atoms with Gasteiger partial charge in [-0.05, 0) is 43.4 Å². The Labute approximate surface area is 195 Å². The van der Waals surface area contributed by atoms with E-state index in [0.29, 0.717) is 39.0 Å². The second-order valence-electron chi connectivity index (χ2n) is 9.25. The van der Waals surface area contributed by atoms with Gasteiger partial charge in [-0.3, -0.25) is 19.5 Å². The van der Waals surface area contributed by atoms with Crippen LogP contribution in [-0.2, 0) is 20.7 Å². The van der Waals surface area contributed by atoms with Crippen molar-refractivity contribution in [3.8, 4) is 0 Å². The third kappa shape index (κ3) is 6.39. The summed E-state index contributed by atoms with van der Waals surface area (Å²) in [7, 11) is 0. The van der Waals surface area contributed by atoms with E-state index in [1.807, 2.05) is 12.3 Å². The third-order valence-electron chi connectivity index (χ3n) is 6.78. The Morgan fingerprint density at radius 3 is 2.70 bits per heavy atom. The van der Waals surface area contributed by atoms with Crippen LogP contribution in [-0.4, -0.2) is 60.1 Å². The third-order valence-corrected chi connectivity index (χ3v) is 6.78. The van der Waals surface area contributed by atoms with Crippen LogP contribution in [0.3, 0.4) is 0 Å². The zero-order valence-corrected chi connectivity index (χ0v) is 19.4. The zero-order chi connectivity index (χ0) is 23.1. The van der Waals surface area contributed by atoms with Crippen LogP contribution in [0.15, 0.2) is 48.8 Å². The largest absolute Gasteiger partial charge is 0.379 e. The van der Waals surface area contributed by atoms with Gasteiger partial charge in [0.25, 0.3) is 0 Å².